The average Bonchev–Trinajstić information content (AvgIpc) is 2.66. The molecule has 27 heavy (non-hydrogen) atoms. The minimum Gasteiger partial charge on any atom is -0.377 e. The van der Waals surface area contributed by atoms with Crippen molar-refractivity contribution in [2.24, 2.45) is 0 Å². The van der Waals surface area contributed by atoms with Gasteiger partial charge in [0.05, 0.1) is 10.9 Å². The van der Waals surface area contributed by atoms with Gasteiger partial charge >= 0.3 is 0 Å². The number of aryl methyl sites for hydroxylation is 2. The molecule has 0 spiro atoms. The average molecular weight is 381 g/mol. The van der Waals surface area contributed by atoms with Crippen LogP contribution >= 0.6 is 0 Å². The minimum absolute atomic E-state index is 0.187. The molecule has 3 aromatic carbocycles. The maximum Gasteiger partial charge on any atom is 0.240 e. The van der Waals surface area contributed by atoms with E-state index in [4.69, 9.17) is 0 Å². The fraction of sp³-hybridized carbons (Fsp3) is 0.182. The van der Waals surface area contributed by atoms with E-state index in [-0.39, 0.29) is 17.5 Å². The topological polar surface area (TPSA) is 58.2 Å². The smallest absolute Gasteiger partial charge is 0.240 e. The van der Waals surface area contributed by atoms with E-state index >= 15 is 0 Å². The molecule has 0 aliphatic heterocycles. The molecule has 0 amide bonds. The quantitative estimate of drug-likeness (QED) is 0.637. The highest BCUT2D eigenvalue weighted by molar-refractivity contribution is 7.89. The second kappa shape index (κ2) is 8.37. The van der Waals surface area contributed by atoms with E-state index in [1.165, 1.54) is 0 Å². The van der Waals surface area contributed by atoms with Crippen LogP contribution in [0.5, 0.6) is 0 Å². The Balaban J connectivity index is 1.80. The van der Waals surface area contributed by atoms with Crippen LogP contribution < -0.4 is 10.0 Å². The summed E-state index contributed by atoms with van der Waals surface area (Å²) in [4.78, 5) is 0.274. The molecular weight excluding hydrogens is 356 g/mol. The van der Waals surface area contributed by atoms with E-state index in [9.17, 15) is 8.42 Å². The zero-order chi connectivity index (χ0) is 19.3. The number of sulfonamides is 1. The van der Waals surface area contributed by atoms with Crippen molar-refractivity contribution in [1.82, 2.24) is 4.72 Å². The summed E-state index contributed by atoms with van der Waals surface area (Å²) in [7, 11) is -3.57. The summed E-state index contributed by atoms with van der Waals surface area (Å²) in [5.74, 6) is 0. The fourth-order valence-electron chi connectivity index (χ4n) is 2.87. The molecule has 0 aromatic heterocycles. The highest BCUT2D eigenvalue weighted by Gasteiger charge is 2.18. The van der Waals surface area contributed by atoms with E-state index in [2.05, 4.69) is 10.0 Å². The normalized spacial score (nSPS) is 12.5. The molecule has 1 atom stereocenters. The first kappa shape index (κ1) is 19.1. The predicted molar refractivity (Wildman–Crippen MR) is 110 cm³/mol. The molecule has 0 radical (unpaired) electrons. The first-order chi connectivity index (χ1) is 12.9. The van der Waals surface area contributed by atoms with Gasteiger partial charge < -0.3 is 5.32 Å². The number of rotatable bonds is 7. The van der Waals surface area contributed by atoms with Crippen molar-refractivity contribution in [3.05, 3.63) is 95.6 Å². The van der Waals surface area contributed by atoms with Crippen molar-refractivity contribution in [3.8, 4) is 0 Å². The fourth-order valence-corrected chi connectivity index (χ4v) is 3.91. The number of anilines is 1. The third kappa shape index (κ3) is 5.18. The van der Waals surface area contributed by atoms with Gasteiger partial charge in [0.2, 0.25) is 10.0 Å². The van der Waals surface area contributed by atoms with Crippen LogP contribution in [0.3, 0.4) is 0 Å². The van der Waals surface area contributed by atoms with Crippen molar-refractivity contribution in [2.75, 3.05) is 11.9 Å². The summed E-state index contributed by atoms with van der Waals surface area (Å²) in [6, 6.07) is 24.6. The Hall–Kier alpha value is -2.63. The summed E-state index contributed by atoms with van der Waals surface area (Å²) < 4.78 is 28.0. The maximum absolute atomic E-state index is 12.6. The van der Waals surface area contributed by atoms with Gasteiger partial charge in [-0.1, -0.05) is 60.2 Å². The molecule has 3 aromatic rings. The summed E-state index contributed by atoms with van der Waals surface area (Å²) in [5.41, 5.74) is 4.15. The summed E-state index contributed by atoms with van der Waals surface area (Å²) in [6.45, 7) is 4.21. The zero-order valence-electron chi connectivity index (χ0n) is 15.5. The van der Waals surface area contributed by atoms with Gasteiger partial charge in [-0.2, -0.15) is 0 Å². The van der Waals surface area contributed by atoms with Crippen molar-refractivity contribution in [1.29, 1.82) is 0 Å². The van der Waals surface area contributed by atoms with Crippen LogP contribution in [0.1, 0.15) is 22.7 Å². The third-order valence-electron chi connectivity index (χ3n) is 4.37. The van der Waals surface area contributed by atoms with Crippen molar-refractivity contribution in [3.63, 3.8) is 0 Å². The van der Waals surface area contributed by atoms with E-state index < -0.39 is 10.0 Å². The number of nitrogens with one attached hydrogen (secondary N) is 2. The Labute approximate surface area is 161 Å². The van der Waals surface area contributed by atoms with Crippen LogP contribution in [-0.4, -0.2) is 15.0 Å². The molecule has 0 fully saturated rings. The summed E-state index contributed by atoms with van der Waals surface area (Å²) in [5, 5.41) is 3.44. The summed E-state index contributed by atoms with van der Waals surface area (Å²) >= 11 is 0. The summed E-state index contributed by atoms with van der Waals surface area (Å²) in [6.07, 6.45) is 0. The number of benzene rings is 3. The maximum atomic E-state index is 12.6. The van der Waals surface area contributed by atoms with E-state index in [1.54, 1.807) is 24.3 Å². The van der Waals surface area contributed by atoms with Gasteiger partial charge in [-0.05, 0) is 49.2 Å². The molecule has 0 saturated carbocycles. The molecule has 0 unspecified atom stereocenters. The van der Waals surface area contributed by atoms with Crippen LogP contribution in [0, 0.1) is 13.8 Å². The second-order valence-electron chi connectivity index (χ2n) is 6.64. The lowest BCUT2D eigenvalue weighted by atomic mass is 10.1. The molecule has 0 aliphatic rings. The van der Waals surface area contributed by atoms with Crippen LogP contribution in [0.2, 0.25) is 0 Å². The van der Waals surface area contributed by atoms with Gasteiger partial charge in [0.25, 0.3) is 0 Å². The van der Waals surface area contributed by atoms with E-state index in [0.29, 0.717) is 0 Å². The Morgan fingerprint density at radius 3 is 2.19 bits per heavy atom. The van der Waals surface area contributed by atoms with Gasteiger partial charge in [0.1, 0.15) is 0 Å². The highest BCUT2D eigenvalue weighted by Crippen LogP contribution is 2.21. The van der Waals surface area contributed by atoms with Crippen molar-refractivity contribution >= 4 is 15.7 Å². The first-order valence-corrected chi connectivity index (χ1v) is 10.4. The van der Waals surface area contributed by atoms with E-state index in [0.717, 1.165) is 22.4 Å². The second-order valence-corrected chi connectivity index (χ2v) is 8.41. The molecule has 2 N–H and O–H groups in total. The lowest BCUT2D eigenvalue weighted by Gasteiger charge is -2.21. The van der Waals surface area contributed by atoms with Crippen molar-refractivity contribution in [2.45, 2.75) is 24.8 Å². The number of hydrogen-bond donors (Lipinski definition) is 2. The van der Waals surface area contributed by atoms with Crippen LogP contribution in [0.25, 0.3) is 0 Å². The van der Waals surface area contributed by atoms with Gasteiger partial charge in [-0.25, -0.2) is 13.1 Å². The molecule has 5 heteroatoms. The van der Waals surface area contributed by atoms with Gasteiger partial charge in [-0.3, -0.25) is 0 Å². The molecule has 4 nitrogen and oxygen atoms in total. The van der Waals surface area contributed by atoms with Gasteiger partial charge in [-0.15, -0.1) is 0 Å². The molecule has 0 aliphatic carbocycles. The Morgan fingerprint density at radius 2 is 1.52 bits per heavy atom. The van der Waals surface area contributed by atoms with E-state index in [1.807, 2.05) is 68.4 Å². The van der Waals surface area contributed by atoms with Gasteiger partial charge in [0, 0.05) is 12.2 Å². The Bertz CT molecular complexity index is 984. The molecule has 0 heterocycles. The lowest BCUT2D eigenvalue weighted by molar-refractivity contribution is 0.576. The standard InChI is InChI=1S/C22H24N2O2S/c1-17-11-13-21(14-12-17)27(25,26)23-16-22(19-8-4-3-5-9-19)24-20-10-6-7-18(2)15-20/h3-15,22-24H,16H2,1-2H3/t22-/m1/s1. The minimum atomic E-state index is -3.57. The molecule has 0 bridgehead atoms. The Morgan fingerprint density at radius 1 is 0.815 bits per heavy atom. The van der Waals surface area contributed by atoms with Crippen molar-refractivity contribution < 1.29 is 8.42 Å². The van der Waals surface area contributed by atoms with Crippen LogP contribution in [0.15, 0.2) is 83.8 Å². The first-order valence-electron chi connectivity index (χ1n) is 8.88. The Kier molecular flexibility index (Phi) is 5.94. The molecule has 140 valence electrons. The predicted octanol–water partition coefficient (Wildman–Crippen LogP) is 4.44. The monoisotopic (exact) mass is 380 g/mol. The SMILES string of the molecule is Cc1ccc(S(=O)(=O)NC[C@@H](Nc2cccc(C)c2)c2ccccc2)cc1. The van der Waals surface area contributed by atoms with Crippen LogP contribution in [-0.2, 0) is 10.0 Å². The molecule has 0 saturated heterocycles. The number of hydrogen-bond acceptors (Lipinski definition) is 3. The largest absolute Gasteiger partial charge is 0.377 e. The third-order valence-corrected chi connectivity index (χ3v) is 5.81. The lowest BCUT2D eigenvalue weighted by Crippen LogP contribution is -2.31. The van der Waals surface area contributed by atoms with Crippen LogP contribution in [0.4, 0.5) is 5.69 Å². The van der Waals surface area contributed by atoms with Gasteiger partial charge in [0.15, 0.2) is 0 Å². The molecule has 3 rings (SSSR count). The highest BCUT2D eigenvalue weighted by atomic mass is 32.2. The molecular formula is C22H24N2O2S. The zero-order valence-corrected chi connectivity index (χ0v) is 16.3.